The molecule has 0 aliphatic carbocycles. The van der Waals surface area contributed by atoms with E-state index in [4.69, 9.17) is 0 Å². The van der Waals surface area contributed by atoms with Crippen LogP contribution in [0.1, 0.15) is 49.7 Å². The number of carbonyl (C=O) groups is 1. The van der Waals surface area contributed by atoms with Crippen molar-refractivity contribution in [3.05, 3.63) is 60.0 Å². The van der Waals surface area contributed by atoms with Crippen molar-refractivity contribution in [2.45, 2.75) is 57.6 Å². The highest BCUT2D eigenvalue weighted by Gasteiger charge is 2.39. The number of sulfonamides is 1. The third-order valence-electron chi connectivity index (χ3n) is 6.23. The van der Waals surface area contributed by atoms with Crippen molar-refractivity contribution >= 4 is 27.6 Å². The van der Waals surface area contributed by atoms with Crippen LogP contribution in [0.3, 0.4) is 0 Å². The van der Waals surface area contributed by atoms with Gasteiger partial charge < -0.3 is 10.2 Å². The van der Waals surface area contributed by atoms with Gasteiger partial charge in [-0.15, -0.1) is 0 Å². The Kier molecular flexibility index (Phi) is 7.30. The Morgan fingerprint density at radius 1 is 1.19 bits per heavy atom. The second-order valence-electron chi connectivity index (χ2n) is 9.90. The Bertz CT molecular complexity index is 1340. The van der Waals surface area contributed by atoms with Crippen LogP contribution in [0, 0.1) is 12.8 Å². The van der Waals surface area contributed by atoms with E-state index in [9.17, 15) is 13.2 Å². The number of rotatable bonds is 9. The van der Waals surface area contributed by atoms with Gasteiger partial charge in [-0.1, -0.05) is 13.0 Å². The van der Waals surface area contributed by atoms with Gasteiger partial charge in [0.05, 0.1) is 11.3 Å². The molecule has 1 aliphatic heterocycles. The highest BCUT2D eigenvalue weighted by atomic mass is 32.2. The summed E-state index contributed by atoms with van der Waals surface area (Å²) >= 11 is 0. The summed E-state index contributed by atoms with van der Waals surface area (Å²) in [5.74, 6) is 0.597. The molecule has 1 unspecified atom stereocenters. The number of hydrogen-bond acceptors (Lipinski definition) is 8. The molecule has 192 valence electrons. The Balaban J connectivity index is 1.44. The van der Waals surface area contributed by atoms with E-state index in [0.29, 0.717) is 24.1 Å². The third-order valence-corrected chi connectivity index (χ3v) is 7.46. The normalized spacial score (nSPS) is 17.2. The molecule has 3 aromatic heterocycles. The minimum Gasteiger partial charge on any atom is -0.370 e. The molecule has 0 spiro atoms. The molecule has 1 fully saturated rings. The van der Waals surface area contributed by atoms with Crippen LogP contribution in [0.2, 0.25) is 0 Å². The Labute approximate surface area is 212 Å². The molecular formula is C25H33N7O3S. The summed E-state index contributed by atoms with van der Waals surface area (Å²) in [4.78, 5) is 23.8. The summed E-state index contributed by atoms with van der Waals surface area (Å²) in [6, 6.07) is 9.81. The average molecular weight is 512 g/mol. The lowest BCUT2D eigenvalue weighted by molar-refractivity contribution is 0.0981. The summed E-state index contributed by atoms with van der Waals surface area (Å²) in [6.07, 6.45) is 5.27. The van der Waals surface area contributed by atoms with E-state index in [2.05, 4.69) is 50.8 Å². The van der Waals surface area contributed by atoms with Crippen molar-refractivity contribution in [1.29, 1.82) is 0 Å². The standard InChI is InChI=1S/C25H33N7O3S/c1-18-16-25(3,4)32(17-18)23-20(8-6-12-27-23)24(33)30-36(34,35)22-10-5-9-21(28-22)26-13-7-14-31-15-11-19(2)29-31/h5-6,8-12,15,18H,7,13-14,16-17H2,1-4H3,(H,26,28)(H,30,33). The topological polar surface area (TPSA) is 122 Å². The summed E-state index contributed by atoms with van der Waals surface area (Å²) in [5.41, 5.74) is 0.979. The van der Waals surface area contributed by atoms with Crippen LogP contribution >= 0.6 is 0 Å². The van der Waals surface area contributed by atoms with Gasteiger partial charge in [0.25, 0.3) is 15.9 Å². The molecule has 4 heterocycles. The van der Waals surface area contributed by atoms with Gasteiger partial charge in [-0.25, -0.2) is 14.7 Å². The predicted octanol–water partition coefficient (Wildman–Crippen LogP) is 3.23. The van der Waals surface area contributed by atoms with Crippen LogP contribution in [0.25, 0.3) is 0 Å². The number of carbonyl (C=O) groups excluding carboxylic acids is 1. The second kappa shape index (κ2) is 10.3. The lowest BCUT2D eigenvalue weighted by Crippen LogP contribution is -2.41. The van der Waals surface area contributed by atoms with Gasteiger partial charge in [0, 0.05) is 37.6 Å². The largest absolute Gasteiger partial charge is 0.370 e. The summed E-state index contributed by atoms with van der Waals surface area (Å²) in [7, 11) is -4.19. The number of aryl methyl sites for hydroxylation is 2. The van der Waals surface area contributed by atoms with Crippen molar-refractivity contribution in [1.82, 2.24) is 24.5 Å². The molecule has 1 amide bonds. The van der Waals surface area contributed by atoms with Gasteiger partial charge in [0.15, 0.2) is 5.03 Å². The summed E-state index contributed by atoms with van der Waals surface area (Å²) < 4.78 is 30.1. The molecule has 1 aliphatic rings. The van der Waals surface area contributed by atoms with Gasteiger partial charge in [0.2, 0.25) is 0 Å². The molecule has 3 aromatic rings. The Morgan fingerprint density at radius 3 is 2.69 bits per heavy atom. The maximum atomic E-state index is 13.1. The molecular weight excluding hydrogens is 478 g/mol. The monoisotopic (exact) mass is 511 g/mol. The van der Waals surface area contributed by atoms with Crippen LogP contribution in [-0.2, 0) is 16.6 Å². The van der Waals surface area contributed by atoms with Gasteiger partial charge in [-0.05, 0) is 69.9 Å². The molecule has 1 atom stereocenters. The summed E-state index contributed by atoms with van der Waals surface area (Å²) in [6.45, 7) is 10.3. The van der Waals surface area contributed by atoms with E-state index in [1.54, 1.807) is 30.5 Å². The smallest absolute Gasteiger partial charge is 0.281 e. The van der Waals surface area contributed by atoms with Crippen molar-refractivity contribution in [3.8, 4) is 0 Å². The number of amides is 1. The molecule has 0 bridgehead atoms. The van der Waals surface area contributed by atoms with Crippen molar-refractivity contribution in [3.63, 3.8) is 0 Å². The minimum atomic E-state index is -4.19. The van der Waals surface area contributed by atoms with E-state index in [-0.39, 0.29) is 16.1 Å². The van der Waals surface area contributed by atoms with E-state index >= 15 is 0 Å². The molecule has 4 rings (SSSR count). The van der Waals surface area contributed by atoms with Gasteiger partial charge in [0.1, 0.15) is 11.6 Å². The number of nitrogens with zero attached hydrogens (tertiary/aromatic N) is 5. The summed E-state index contributed by atoms with van der Waals surface area (Å²) in [5, 5.41) is 7.24. The number of nitrogens with one attached hydrogen (secondary N) is 2. The Morgan fingerprint density at radius 2 is 2.00 bits per heavy atom. The van der Waals surface area contributed by atoms with Gasteiger partial charge in [-0.2, -0.15) is 13.5 Å². The van der Waals surface area contributed by atoms with Gasteiger partial charge >= 0.3 is 0 Å². The maximum Gasteiger partial charge on any atom is 0.281 e. The van der Waals surface area contributed by atoms with Crippen LogP contribution in [0.15, 0.2) is 53.8 Å². The molecule has 0 radical (unpaired) electrons. The number of hydrogen-bond donors (Lipinski definition) is 2. The molecule has 2 N–H and O–H groups in total. The first-order chi connectivity index (χ1) is 17.0. The van der Waals surface area contributed by atoms with Crippen molar-refractivity contribution in [2.75, 3.05) is 23.3 Å². The molecule has 11 heteroatoms. The Hall–Kier alpha value is -3.47. The van der Waals surface area contributed by atoms with Crippen molar-refractivity contribution in [2.24, 2.45) is 5.92 Å². The predicted molar refractivity (Wildman–Crippen MR) is 138 cm³/mol. The zero-order chi connectivity index (χ0) is 25.9. The number of pyridine rings is 2. The fourth-order valence-electron chi connectivity index (χ4n) is 4.69. The lowest BCUT2D eigenvalue weighted by Gasteiger charge is -2.33. The SMILES string of the molecule is Cc1ccn(CCCNc2cccc(S(=O)(=O)NC(=O)c3cccnc3N3CC(C)CC3(C)C)n2)n1. The van der Waals surface area contributed by atoms with E-state index in [1.807, 2.05) is 23.9 Å². The van der Waals surface area contributed by atoms with Crippen LogP contribution in [0.5, 0.6) is 0 Å². The fourth-order valence-corrected chi connectivity index (χ4v) is 5.62. The first-order valence-corrected chi connectivity index (χ1v) is 13.5. The maximum absolute atomic E-state index is 13.1. The minimum absolute atomic E-state index is 0.195. The zero-order valence-corrected chi connectivity index (χ0v) is 21.9. The number of anilines is 2. The average Bonchev–Trinajstić information content (AvgIpc) is 3.37. The lowest BCUT2D eigenvalue weighted by atomic mass is 9.97. The van der Waals surface area contributed by atoms with Crippen LogP contribution < -0.4 is 14.9 Å². The molecule has 10 nitrogen and oxygen atoms in total. The first kappa shape index (κ1) is 25.6. The highest BCUT2D eigenvalue weighted by Crippen LogP contribution is 2.37. The van der Waals surface area contributed by atoms with E-state index in [1.165, 1.54) is 6.07 Å². The molecule has 0 saturated carbocycles. The number of aromatic nitrogens is 4. The highest BCUT2D eigenvalue weighted by molar-refractivity contribution is 7.90. The third kappa shape index (κ3) is 5.84. The van der Waals surface area contributed by atoms with Gasteiger partial charge in [-0.3, -0.25) is 9.48 Å². The molecule has 0 aromatic carbocycles. The fraction of sp³-hybridized carbons (Fsp3) is 0.440. The first-order valence-electron chi connectivity index (χ1n) is 12.1. The van der Waals surface area contributed by atoms with E-state index < -0.39 is 15.9 Å². The van der Waals surface area contributed by atoms with Crippen molar-refractivity contribution < 1.29 is 13.2 Å². The quantitative estimate of drug-likeness (QED) is 0.420. The zero-order valence-electron chi connectivity index (χ0n) is 21.1. The molecule has 36 heavy (non-hydrogen) atoms. The van der Waals surface area contributed by atoms with Crippen LogP contribution in [-0.4, -0.2) is 52.7 Å². The van der Waals surface area contributed by atoms with E-state index in [0.717, 1.165) is 31.6 Å². The molecule has 1 saturated heterocycles. The second-order valence-corrected chi connectivity index (χ2v) is 11.5. The van der Waals surface area contributed by atoms with Crippen LogP contribution in [0.4, 0.5) is 11.6 Å².